The molecule has 0 aliphatic carbocycles. The lowest BCUT2D eigenvalue weighted by molar-refractivity contribution is -0.113. The minimum absolute atomic E-state index is 0.0478. The SMILES string of the molecule is CCc1ccccc1NC(=O)CSc1nc2[nH]ncc2c(=O)n1-c1ccc(F)c(F)c1. The van der Waals surface area contributed by atoms with Gasteiger partial charge in [-0.15, -0.1) is 0 Å². The molecule has 2 aromatic heterocycles. The summed E-state index contributed by atoms with van der Waals surface area (Å²) in [7, 11) is 0. The van der Waals surface area contributed by atoms with Gasteiger partial charge in [0.05, 0.1) is 17.6 Å². The quantitative estimate of drug-likeness (QED) is 0.352. The lowest BCUT2D eigenvalue weighted by Gasteiger charge is -2.13. The van der Waals surface area contributed by atoms with E-state index < -0.39 is 17.2 Å². The number of nitrogens with zero attached hydrogens (tertiary/aromatic N) is 3. The average molecular weight is 441 g/mol. The fraction of sp³-hybridized carbons (Fsp3) is 0.143. The van der Waals surface area contributed by atoms with E-state index >= 15 is 0 Å². The monoisotopic (exact) mass is 441 g/mol. The molecule has 10 heteroatoms. The number of thioether (sulfide) groups is 1. The highest BCUT2D eigenvalue weighted by Gasteiger charge is 2.17. The van der Waals surface area contributed by atoms with E-state index in [1.165, 1.54) is 12.3 Å². The fourth-order valence-electron chi connectivity index (χ4n) is 3.09. The molecule has 0 spiro atoms. The number of aromatic amines is 1. The van der Waals surface area contributed by atoms with Crippen molar-refractivity contribution >= 4 is 34.4 Å². The molecular weight excluding hydrogens is 424 g/mol. The van der Waals surface area contributed by atoms with Crippen LogP contribution < -0.4 is 10.9 Å². The minimum Gasteiger partial charge on any atom is -0.325 e. The summed E-state index contributed by atoms with van der Waals surface area (Å²) in [6.07, 6.45) is 2.07. The Bertz CT molecular complexity index is 1340. The van der Waals surface area contributed by atoms with Gasteiger partial charge in [-0.25, -0.2) is 13.8 Å². The third-order valence-corrected chi connectivity index (χ3v) is 5.56. The predicted molar refractivity (Wildman–Crippen MR) is 115 cm³/mol. The van der Waals surface area contributed by atoms with Gasteiger partial charge in [0, 0.05) is 11.8 Å². The summed E-state index contributed by atoms with van der Waals surface area (Å²) in [5.41, 5.74) is 1.54. The van der Waals surface area contributed by atoms with E-state index in [4.69, 9.17) is 0 Å². The van der Waals surface area contributed by atoms with Crippen molar-refractivity contribution < 1.29 is 13.6 Å². The second kappa shape index (κ2) is 8.68. The van der Waals surface area contributed by atoms with Crippen molar-refractivity contribution in [3.05, 3.63) is 76.2 Å². The molecule has 2 N–H and O–H groups in total. The smallest absolute Gasteiger partial charge is 0.269 e. The molecule has 7 nitrogen and oxygen atoms in total. The fourth-order valence-corrected chi connectivity index (χ4v) is 3.90. The zero-order valence-electron chi connectivity index (χ0n) is 16.4. The topological polar surface area (TPSA) is 92.7 Å². The molecule has 4 aromatic rings. The number of carbonyl (C=O) groups is 1. The summed E-state index contributed by atoms with van der Waals surface area (Å²) >= 11 is 1.00. The maximum absolute atomic E-state index is 13.8. The predicted octanol–water partition coefficient (Wildman–Crippen LogP) is 3.68. The number of hydrogen-bond donors (Lipinski definition) is 2. The van der Waals surface area contributed by atoms with Crippen molar-refractivity contribution in [2.24, 2.45) is 0 Å². The van der Waals surface area contributed by atoms with Crippen molar-refractivity contribution in [2.45, 2.75) is 18.5 Å². The molecule has 0 unspecified atom stereocenters. The van der Waals surface area contributed by atoms with Gasteiger partial charge in [-0.2, -0.15) is 5.10 Å². The van der Waals surface area contributed by atoms with Crippen LogP contribution in [0.4, 0.5) is 14.5 Å². The first-order valence-corrected chi connectivity index (χ1v) is 10.4. The zero-order chi connectivity index (χ0) is 22.0. The van der Waals surface area contributed by atoms with Crippen molar-refractivity contribution in [2.75, 3.05) is 11.1 Å². The van der Waals surface area contributed by atoms with Crippen molar-refractivity contribution in [1.82, 2.24) is 19.7 Å². The number of rotatable bonds is 6. The van der Waals surface area contributed by atoms with Gasteiger partial charge in [0.15, 0.2) is 22.4 Å². The number of anilines is 1. The van der Waals surface area contributed by atoms with Crippen LogP contribution in [0, 0.1) is 11.6 Å². The number of hydrogen-bond acceptors (Lipinski definition) is 5. The van der Waals surface area contributed by atoms with Crippen LogP contribution in [0.25, 0.3) is 16.7 Å². The molecule has 0 bridgehead atoms. The van der Waals surface area contributed by atoms with Gasteiger partial charge in [-0.3, -0.25) is 19.3 Å². The lowest BCUT2D eigenvalue weighted by Crippen LogP contribution is -2.23. The third-order valence-electron chi connectivity index (χ3n) is 4.62. The molecule has 2 aromatic carbocycles. The third kappa shape index (κ3) is 4.19. The van der Waals surface area contributed by atoms with E-state index in [1.54, 1.807) is 0 Å². The number of aromatic nitrogens is 4. The van der Waals surface area contributed by atoms with Crippen LogP contribution in [0.15, 0.2) is 58.6 Å². The molecule has 31 heavy (non-hydrogen) atoms. The molecule has 2 heterocycles. The number of aryl methyl sites for hydroxylation is 1. The second-order valence-corrected chi connectivity index (χ2v) is 7.56. The largest absolute Gasteiger partial charge is 0.325 e. The number of halogens is 2. The highest BCUT2D eigenvalue weighted by atomic mass is 32.2. The van der Waals surface area contributed by atoms with Crippen LogP contribution in [0.1, 0.15) is 12.5 Å². The van der Waals surface area contributed by atoms with Crippen LogP contribution in [0.2, 0.25) is 0 Å². The lowest BCUT2D eigenvalue weighted by atomic mass is 10.1. The highest BCUT2D eigenvalue weighted by molar-refractivity contribution is 7.99. The molecule has 0 saturated carbocycles. The van der Waals surface area contributed by atoms with E-state index in [9.17, 15) is 18.4 Å². The van der Waals surface area contributed by atoms with Crippen LogP contribution in [-0.4, -0.2) is 31.4 Å². The van der Waals surface area contributed by atoms with Gasteiger partial charge < -0.3 is 5.32 Å². The Morgan fingerprint density at radius 1 is 1.19 bits per heavy atom. The van der Waals surface area contributed by atoms with E-state index in [0.717, 1.165) is 40.4 Å². The minimum atomic E-state index is -1.10. The molecule has 0 saturated heterocycles. The summed E-state index contributed by atoms with van der Waals surface area (Å²) < 4.78 is 28.3. The average Bonchev–Trinajstić information content (AvgIpc) is 3.24. The van der Waals surface area contributed by atoms with Gasteiger partial charge in [0.2, 0.25) is 5.91 Å². The van der Waals surface area contributed by atoms with Gasteiger partial charge in [-0.05, 0) is 30.2 Å². The van der Waals surface area contributed by atoms with Gasteiger partial charge >= 0.3 is 0 Å². The normalized spacial score (nSPS) is 11.1. The summed E-state index contributed by atoms with van der Waals surface area (Å²) in [6.45, 7) is 1.99. The summed E-state index contributed by atoms with van der Waals surface area (Å²) in [4.78, 5) is 29.8. The Morgan fingerprint density at radius 2 is 2.00 bits per heavy atom. The Morgan fingerprint density at radius 3 is 2.77 bits per heavy atom. The van der Waals surface area contributed by atoms with E-state index in [1.807, 2.05) is 31.2 Å². The molecule has 4 rings (SSSR count). The standard InChI is InChI=1S/C21H17F2N5O2S/c1-2-12-5-3-4-6-17(12)25-18(29)11-31-21-26-19-14(10-24-27-19)20(30)28(21)13-7-8-15(22)16(23)9-13/h3-10H,2,11H2,1H3,(H,24,27)(H,25,29). The molecule has 0 aliphatic heterocycles. The van der Waals surface area contributed by atoms with Crippen LogP contribution in [0.3, 0.4) is 0 Å². The van der Waals surface area contributed by atoms with Crippen molar-refractivity contribution in [3.63, 3.8) is 0 Å². The first-order valence-electron chi connectivity index (χ1n) is 9.40. The van der Waals surface area contributed by atoms with Gasteiger partial charge in [0.1, 0.15) is 5.39 Å². The first kappa shape index (κ1) is 20.7. The van der Waals surface area contributed by atoms with Crippen LogP contribution in [0.5, 0.6) is 0 Å². The van der Waals surface area contributed by atoms with Gasteiger partial charge in [-0.1, -0.05) is 36.9 Å². The molecule has 158 valence electrons. The molecule has 1 amide bonds. The summed E-state index contributed by atoms with van der Waals surface area (Å²) in [6, 6.07) is 10.6. The molecule has 0 radical (unpaired) electrons. The Labute approximate surface area is 179 Å². The van der Waals surface area contributed by atoms with E-state index in [-0.39, 0.29) is 33.5 Å². The maximum Gasteiger partial charge on any atom is 0.269 e. The molecule has 0 atom stereocenters. The van der Waals surface area contributed by atoms with E-state index in [0.29, 0.717) is 5.69 Å². The number of para-hydroxylation sites is 1. The zero-order valence-corrected chi connectivity index (χ0v) is 17.2. The Balaban J connectivity index is 1.66. The molecule has 0 fully saturated rings. The first-order chi connectivity index (χ1) is 15.0. The number of H-pyrrole nitrogens is 1. The van der Waals surface area contributed by atoms with Crippen LogP contribution >= 0.6 is 11.8 Å². The van der Waals surface area contributed by atoms with E-state index in [2.05, 4.69) is 20.5 Å². The molecule has 0 aliphatic rings. The number of benzene rings is 2. The molecular formula is C21H17F2N5O2S. The highest BCUT2D eigenvalue weighted by Crippen LogP contribution is 2.23. The van der Waals surface area contributed by atoms with Crippen molar-refractivity contribution in [3.8, 4) is 5.69 Å². The Kier molecular flexibility index (Phi) is 5.81. The summed E-state index contributed by atoms with van der Waals surface area (Å²) in [5.74, 6) is -2.46. The summed E-state index contributed by atoms with van der Waals surface area (Å²) in [5, 5.41) is 9.62. The number of amides is 1. The number of carbonyl (C=O) groups excluding carboxylic acids is 1. The second-order valence-electron chi connectivity index (χ2n) is 6.61. The number of fused-ring (bicyclic) bond motifs is 1. The Hall–Kier alpha value is -3.53. The van der Waals surface area contributed by atoms with Crippen LogP contribution in [-0.2, 0) is 11.2 Å². The van der Waals surface area contributed by atoms with Gasteiger partial charge in [0.25, 0.3) is 5.56 Å². The number of nitrogens with one attached hydrogen (secondary N) is 2. The van der Waals surface area contributed by atoms with Crippen molar-refractivity contribution in [1.29, 1.82) is 0 Å². The maximum atomic E-state index is 13.8.